The highest BCUT2D eigenvalue weighted by atomic mass is 79.9. The molecule has 4 nitrogen and oxygen atoms in total. The van der Waals surface area contributed by atoms with Crippen molar-refractivity contribution in [3.8, 4) is 0 Å². The minimum atomic E-state index is -0.203. The highest BCUT2D eigenvalue weighted by Crippen LogP contribution is 2.20. The number of aryl methyl sites for hydroxylation is 1. The molecule has 0 aliphatic carbocycles. The molecule has 3 rings (SSSR count). The molecule has 5 heteroatoms. The Labute approximate surface area is 142 Å². The second-order valence-electron chi connectivity index (χ2n) is 5.07. The van der Waals surface area contributed by atoms with E-state index in [2.05, 4.69) is 31.2 Å². The average molecular weight is 368 g/mol. The smallest absolute Gasteiger partial charge is 0.248 e. The lowest BCUT2D eigenvalue weighted by Crippen LogP contribution is -2.08. The molecule has 1 heterocycles. The number of fused-ring (bicyclic) bond motifs is 1. The van der Waals surface area contributed by atoms with Gasteiger partial charge in [0.25, 0.3) is 0 Å². The van der Waals surface area contributed by atoms with E-state index < -0.39 is 0 Å². The van der Waals surface area contributed by atoms with E-state index in [0.717, 1.165) is 26.8 Å². The molecule has 0 saturated carbocycles. The molecule has 1 amide bonds. The third-order valence-corrected chi connectivity index (χ3v) is 3.81. The number of aromatic nitrogens is 2. The van der Waals surface area contributed by atoms with Crippen LogP contribution < -0.4 is 5.32 Å². The Morgan fingerprint density at radius 2 is 1.96 bits per heavy atom. The number of para-hydroxylation sites is 2. The second-order valence-corrected chi connectivity index (χ2v) is 5.98. The highest BCUT2D eigenvalue weighted by molar-refractivity contribution is 9.10. The van der Waals surface area contributed by atoms with E-state index in [9.17, 15) is 4.79 Å². The number of carbonyl (C=O) groups is 1. The number of hydrogen-bond donors (Lipinski definition) is 1. The third kappa shape index (κ3) is 3.81. The molecule has 0 saturated heterocycles. The summed E-state index contributed by atoms with van der Waals surface area (Å²) in [6, 6.07) is 13.3. The van der Waals surface area contributed by atoms with Crippen LogP contribution in [0.5, 0.6) is 0 Å². The molecule has 1 aromatic heterocycles. The van der Waals surface area contributed by atoms with Gasteiger partial charge in [0.15, 0.2) is 0 Å². The maximum atomic E-state index is 12.0. The Balaban J connectivity index is 1.74. The van der Waals surface area contributed by atoms with Crippen molar-refractivity contribution in [2.75, 3.05) is 5.32 Å². The molecule has 0 radical (unpaired) electrons. The first kappa shape index (κ1) is 15.4. The molecule has 23 heavy (non-hydrogen) atoms. The van der Waals surface area contributed by atoms with Crippen molar-refractivity contribution < 1.29 is 4.79 Å². The molecular weight excluding hydrogens is 354 g/mol. The zero-order valence-electron chi connectivity index (χ0n) is 12.5. The summed E-state index contributed by atoms with van der Waals surface area (Å²) in [6.07, 6.45) is 4.76. The molecule has 0 unspecified atom stereocenters. The van der Waals surface area contributed by atoms with E-state index in [1.54, 1.807) is 12.3 Å². The Morgan fingerprint density at radius 3 is 2.74 bits per heavy atom. The molecule has 114 valence electrons. The van der Waals surface area contributed by atoms with Crippen molar-refractivity contribution in [2.45, 2.75) is 6.92 Å². The maximum absolute atomic E-state index is 12.0. The number of anilines is 1. The minimum absolute atomic E-state index is 0.203. The van der Waals surface area contributed by atoms with Gasteiger partial charge in [0.05, 0.1) is 22.9 Å². The fourth-order valence-electron chi connectivity index (χ4n) is 2.15. The Kier molecular flexibility index (Phi) is 4.48. The van der Waals surface area contributed by atoms with Gasteiger partial charge in [0.2, 0.25) is 5.91 Å². The van der Waals surface area contributed by atoms with Crippen LogP contribution in [0.15, 0.2) is 59.2 Å². The molecule has 0 bridgehead atoms. The number of hydrogen-bond acceptors (Lipinski definition) is 3. The Morgan fingerprint density at radius 1 is 1.17 bits per heavy atom. The van der Waals surface area contributed by atoms with E-state index in [1.165, 1.54) is 6.08 Å². The Hall–Kier alpha value is -2.53. The van der Waals surface area contributed by atoms with Crippen LogP contribution in [0.25, 0.3) is 17.1 Å². The van der Waals surface area contributed by atoms with Crippen LogP contribution in [0.4, 0.5) is 5.69 Å². The van der Waals surface area contributed by atoms with Gasteiger partial charge in [0, 0.05) is 16.2 Å². The quantitative estimate of drug-likeness (QED) is 0.700. The molecule has 0 atom stereocenters. The average Bonchev–Trinajstić information content (AvgIpc) is 2.55. The third-order valence-electron chi connectivity index (χ3n) is 3.32. The van der Waals surface area contributed by atoms with Crippen LogP contribution >= 0.6 is 15.9 Å². The fraction of sp³-hybridized carbons (Fsp3) is 0.0556. The minimum Gasteiger partial charge on any atom is -0.322 e. The number of halogens is 1. The van der Waals surface area contributed by atoms with Gasteiger partial charge in [-0.2, -0.15) is 0 Å². The number of carbonyl (C=O) groups excluding carboxylic acids is 1. The summed E-state index contributed by atoms with van der Waals surface area (Å²) in [5.41, 5.74) is 4.06. The molecule has 0 aliphatic heterocycles. The largest absolute Gasteiger partial charge is 0.322 e. The van der Waals surface area contributed by atoms with Gasteiger partial charge >= 0.3 is 0 Å². The van der Waals surface area contributed by atoms with Gasteiger partial charge in [-0.1, -0.05) is 28.1 Å². The van der Waals surface area contributed by atoms with Crippen LogP contribution in [0, 0.1) is 6.92 Å². The number of nitrogens with zero attached hydrogens (tertiary/aromatic N) is 2. The van der Waals surface area contributed by atoms with E-state index in [4.69, 9.17) is 0 Å². The van der Waals surface area contributed by atoms with Crippen LogP contribution in [-0.2, 0) is 4.79 Å². The summed E-state index contributed by atoms with van der Waals surface area (Å²) in [5.74, 6) is -0.203. The molecule has 0 spiro atoms. The van der Waals surface area contributed by atoms with Crippen LogP contribution in [0.2, 0.25) is 0 Å². The van der Waals surface area contributed by atoms with Gasteiger partial charge in [0.1, 0.15) is 0 Å². The summed E-state index contributed by atoms with van der Waals surface area (Å²) in [7, 11) is 0. The molecule has 0 aliphatic rings. The van der Waals surface area contributed by atoms with Crippen LogP contribution in [0.1, 0.15) is 11.3 Å². The first-order chi connectivity index (χ1) is 11.1. The lowest BCUT2D eigenvalue weighted by atomic mass is 10.2. The topological polar surface area (TPSA) is 54.9 Å². The lowest BCUT2D eigenvalue weighted by molar-refractivity contribution is -0.111. The van der Waals surface area contributed by atoms with Crippen molar-refractivity contribution in [3.05, 3.63) is 70.5 Å². The maximum Gasteiger partial charge on any atom is 0.248 e. The summed E-state index contributed by atoms with van der Waals surface area (Å²) < 4.78 is 0.981. The number of rotatable bonds is 3. The van der Waals surface area contributed by atoms with Gasteiger partial charge in [-0.25, -0.2) is 4.98 Å². The van der Waals surface area contributed by atoms with Gasteiger partial charge in [-0.05, 0) is 48.9 Å². The van der Waals surface area contributed by atoms with Crippen molar-refractivity contribution in [2.24, 2.45) is 0 Å². The van der Waals surface area contributed by atoms with E-state index in [0.29, 0.717) is 5.69 Å². The number of nitrogens with one attached hydrogen (secondary N) is 1. The summed E-state index contributed by atoms with van der Waals surface area (Å²) in [5, 5.41) is 2.85. The summed E-state index contributed by atoms with van der Waals surface area (Å²) in [4.78, 5) is 20.8. The zero-order chi connectivity index (χ0) is 16.2. The molecule has 1 N–H and O–H groups in total. The van der Waals surface area contributed by atoms with E-state index in [-0.39, 0.29) is 5.91 Å². The summed E-state index contributed by atoms with van der Waals surface area (Å²) in [6.45, 7) is 1.94. The van der Waals surface area contributed by atoms with Gasteiger partial charge < -0.3 is 5.32 Å². The van der Waals surface area contributed by atoms with E-state index >= 15 is 0 Å². The molecular formula is C18H14BrN3O. The molecule has 0 fully saturated rings. The van der Waals surface area contributed by atoms with Crippen molar-refractivity contribution in [3.63, 3.8) is 0 Å². The van der Waals surface area contributed by atoms with Crippen molar-refractivity contribution in [1.82, 2.24) is 9.97 Å². The van der Waals surface area contributed by atoms with Crippen LogP contribution in [-0.4, -0.2) is 15.9 Å². The molecule has 2 aromatic carbocycles. The zero-order valence-corrected chi connectivity index (χ0v) is 14.0. The van der Waals surface area contributed by atoms with Gasteiger partial charge in [-0.3, -0.25) is 9.78 Å². The molecule has 3 aromatic rings. The normalized spacial score (nSPS) is 11.0. The SMILES string of the molecule is Cc1cc(Br)ccc1NC(=O)C=Cc1cnc2ccccc2n1. The monoisotopic (exact) mass is 367 g/mol. The first-order valence-corrected chi connectivity index (χ1v) is 7.88. The predicted octanol–water partition coefficient (Wildman–Crippen LogP) is 4.35. The fourth-order valence-corrected chi connectivity index (χ4v) is 2.63. The first-order valence-electron chi connectivity index (χ1n) is 7.09. The Bertz CT molecular complexity index is 906. The standard InChI is InChI=1S/C18H14BrN3O/c1-12-10-13(19)6-8-15(12)22-18(23)9-7-14-11-20-16-4-2-3-5-17(16)21-14/h2-11H,1H3,(H,22,23). The summed E-state index contributed by atoms with van der Waals surface area (Å²) >= 11 is 3.40. The number of benzene rings is 2. The van der Waals surface area contributed by atoms with Crippen molar-refractivity contribution in [1.29, 1.82) is 0 Å². The number of amides is 1. The van der Waals surface area contributed by atoms with Crippen LogP contribution in [0.3, 0.4) is 0 Å². The van der Waals surface area contributed by atoms with Crippen molar-refractivity contribution >= 4 is 44.6 Å². The highest BCUT2D eigenvalue weighted by Gasteiger charge is 2.02. The predicted molar refractivity (Wildman–Crippen MR) is 96.1 cm³/mol. The van der Waals surface area contributed by atoms with Gasteiger partial charge in [-0.15, -0.1) is 0 Å². The second kappa shape index (κ2) is 6.71. The lowest BCUT2D eigenvalue weighted by Gasteiger charge is -2.06. The van der Waals surface area contributed by atoms with E-state index in [1.807, 2.05) is 49.4 Å².